The van der Waals surface area contributed by atoms with E-state index in [9.17, 15) is 19.2 Å². The number of Topliss-reactive ketones (excluding diaryl/α,β-unsaturated/α-hetero) is 1. The second-order valence-corrected chi connectivity index (χ2v) is 8.80. The van der Waals surface area contributed by atoms with Crippen molar-refractivity contribution in [1.82, 2.24) is 4.90 Å². The van der Waals surface area contributed by atoms with E-state index in [0.717, 1.165) is 22.4 Å². The van der Waals surface area contributed by atoms with Crippen LogP contribution in [0.25, 0.3) is 0 Å². The van der Waals surface area contributed by atoms with Gasteiger partial charge in [0.05, 0.1) is 11.8 Å². The van der Waals surface area contributed by atoms with Gasteiger partial charge in [0.1, 0.15) is 6.54 Å². The minimum Gasteiger partial charge on any atom is -0.456 e. The summed E-state index contributed by atoms with van der Waals surface area (Å²) in [6.45, 7) is 3.05. The Bertz CT molecular complexity index is 943. The highest BCUT2D eigenvalue weighted by Crippen LogP contribution is 2.65. The zero-order valence-corrected chi connectivity index (χ0v) is 16.5. The Morgan fingerprint density at radius 1 is 1.00 bits per heavy atom. The van der Waals surface area contributed by atoms with Crippen LogP contribution in [-0.2, 0) is 19.1 Å². The molecule has 0 radical (unpaired) electrons. The lowest BCUT2D eigenvalue weighted by atomic mass is 9.63. The molecule has 6 rings (SSSR count). The second kappa shape index (κ2) is 6.37. The quantitative estimate of drug-likeness (QED) is 0.331. The first kappa shape index (κ1) is 18.3. The van der Waals surface area contributed by atoms with Gasteiger partial charge in [-0.15, -0.1) is 0 Å². The summed E-state index contributed by atoms with van der Waals surface area (Å²) >= 11 is 0. The summed E-state index contributed by atoms with van der Waals surface area (Å²) in [4.78, 5) is 51.3. The zero-order chi connectivity index (χ0) is 20.4. The van der Waals surface area contributed by atoms with Crippen molar-refractivity contribution in [3.05, 3.63) is 47.0 Å². The molecule has 1 aromatic carbocycles. The molecular formula is C23H23NO5. The number of benzene rings is 1. The fraction of sp³-hybridized carbons (Fsp3) is 0.478. The standard InChI is InChI=1S/C23H23NO5/c1-11-3-4-13(7-12(11)2)18(25)10-29-19(26)9-24-22(27)20-14-5-6-15(17-8-16(14)17)21(20)23(24)28/h3-7,14-17,20-21H,8-10H2,1-2H3/t14-,15-,16-,17-,20-,21+/m0/s1. The second-order valence-electron chi connectivity index (χ2n) is 8.80. The summed E-state index contributed by atoms with van der Waals surface area (Å²) in [6, 6.07) is 5.31. The molecule has 1 aliphatic heterocycles. The van der Waals surface area contributed by atoms with E-state index in [0.29, 0.717) is 17.4 Å². The van der Waals surface area contributed by atoms with E-state index in [4.69, 9.17) is 4.74 Å². The summed E-state index contributed by atoms with van der Waals surface area (Å²) in [6.07, 6.45) is 5.28. The number of likely N-dealkylation sites (tertiary alicyclic amines) is 1. The minimum atomic E-state index is -0.729. The monoisotopic (exact) mass is 393 g/mol. The maximum Gasteiger partial charge on any atom is 0.326 e. The molecule has 1 heterocycles. The number of rotatable bonds is 5. The number of amides is 2. The van der Waals surface area contributed by atoms with E-state index >= 15 is 0 Å². The van der Waals surface area contributed by atoms with Crippen LogP contribution in [0.3, 0.4) is 0 Å². The van der Waals surface area contributed by atoms with Crippen LogP contribution in [0.2, 0.25) is 0 Å². The predicted molar refractivity (Wildman–Crippen MR) is 103 cm³/mol. The molecule has 0 unspecified atom stereocenters. The highest BCUT2D eigenvalue weighted by atomic mass is 16.5. The van der Waals surface area contributed by atoms with E-state index in [1.54, 1.807) is 12.1 Å². The summed E-state index contributed by atoms with van der Waals surface area (Å²) in [5.74, 6) is -0.931. The van der Waals surface area contributed by atoms with Gasteiger partial charge in [-0.25, -0.2) is 0 Å². The fourth-order valence-electron chi connectivity index (χ4n) is 5.49. The normalized spacial score (nSPS) is 33.5. The van der Waals surface area contributed by atoms with Gasteiger partial charge in [-0.2, -0.15) is 0 Å². The number of carbonyl (C=O) groups excluding carboxylic acids is 4. The largest absolute Gasteiger partial charge is 0.456 e. The van der Waals surface area contributed by atoms with Gasteiger partial charge in [-0.3, -0.25) is 24.1 Å². The van der Waals surface area contributed by atoms with Crippen LogP contribution in [0.1, 0.15) is 27.9 Å². The Labute approximate surface area is 168 Å². The van der Waals surface area contributed by atoms with Crippen LogP contribution < -0.4 is 0 Å². The molecule has 3 fully saturated rings. The van der Waals surface area contributed by atoms with Gasteiger partial charge in [0.25, 0.3) is 0 Å². The van der Waals surface area contributed by atoms with E-state index in [1.807, 2.05) is 19.9 Å². The number of esters is 1. The molecule has 150 valence electrons. The number of nitrogens with zero attached hydrogens (tertiary/aromatic N) is 1. The summed E-state index contributed by atoms with van der Waals surface area (Å²) in [5, 5.41) is 0. The van der Waals surface area contributed by atoms with Crippen LogP contribution in [0.15, 0.2) is 30.4 Å². The molecule has 2 bridgehead atoms. The topological polar surface area (TPSA) is 80.8 Å². The molecular weight excluding hydrogens is 370 g/mol. The van der Waals surface area contributed by atoms with Crippen molar-refractivity contribution >= 4 is 23.6 Å². The van der Waals surface area contributed by atoms with E-state index in [-0.39, 0.29) is 41.3 Å². The van der Waals surface area contributed by atoms with Crippen molar-refractivity contribution in [2.75, 3.05) is 13.2 Å². The first-order chi connectivity index (χ1) is 13.9. The van der Waals surface area contributed by atoms with Gasteiger partial charge in [0, 0.05) is 5.56 Å². The van der Waals surface area contributed by atoms with Gasteiger partial charge in [-0.05, 0) is 61.1 Å². The molecule has 0 aromatic heterocycles. The first-order valence-electron chi connectivity index (χ1n) is 10.2. The summed E-state index contributed by atoms with van der Waals surface area (Å²) < 4.78 is 5.09. The number of imide groups is 1. The van der Waals surface area contributed by atoms with E-state index in [1.165, 1.54) is 0 Å². The lowest BCUT2D eigenvalue weighted by Gasteiger charge is -2.37. The van der Waals surface area contributed by atoms with E-state index in [2.05, 4.69) is 12.2 Å². The van der Waals surface area contributed by atoms with Crippen molar-refractivity contribution in [2.24, 2.45) is 35.5 Å². The van der Waals surface area contributed by atoms with Crippen molar-refractivity contribution in [2.45, 2.75) is 20.3 Å². The number of hydrogen-bond donors (Lipinski definition) is 0. The van der Waals surface area contributed by atoms with Gasteiger partial charge in [0.2, 0.25) is 11.8 Å². The van der Waals surface area contributed by atoms with Gasteiger partial charge in [0.15, 0.2) is 12.4 Å². The third kappa shape index (κ3) is 2.76. The molecule has 1 saturated heterocycles. The van der Waals surface area contributed by atoms with Crippen molar-refractivity contribution in [3.63, 3.8) is 0 Å². The van der Waals surface area contributed by atoms with Gasteiger partial charge < -0.3 is 4.74 Å². The van der Waals surface area contributed by atoms with Crippen molar-refractivity contribution < 1.29 is 23.9 Å². The van der Waals surface area contributed by atoms with Crippen molar-refractivity contribution in [1.29, 1.82) is 0 Å². The molecule has 29 heavy (non-hydrogen) atoms. The predicted octanol–water partition coefficient (Wildman–Crippen LogP) is 2.08. The smallest absolute Gasteiger partial charge is 0.326 e. The molecule has 6 atom stereocenters. The molecule has 0 N–H and O–H groups in total. The van der Waals surface area contributed by atoms with Gasteiger partial charge >= 0.3 is 5.97 Å². The number of hydrogen-bond acceptors (Lipinski definition) is 5. The Morgan fingerprint density at radius 3 is 2.21 bits per heavy atom. The first-order valence-corrected chi connectivity index (χ1v) is 10.2. The average molecular weight is 393 g/mol. The van der Waals surface area contributed by atoms with E-state index < -0.39 is 19.1 Å². The average Bonchev–Trinajstić information content (AvgIpc) is 3.49. The number of ether oxygens (including phenoxy) is 1. The molecule has 2 amide bonds. The third-order valence-corrected chi connectivity index (χ3v) is 7.23. The lowest BCUT2D eigenvalue weighted by molar-refractivity contribution is -0.152. The molecule has 1 aromatic rings. The molecule has 6 nitrogen and oxygen atoms in total. The zero-order valence-electron chi connectivity index (χ0n) is 16.5. The number of aryl methyl sites for hydroxylation is 2. The molecule has 2 saturated carbocycles. The summed E-state index contributed by atoms with van der Waals surface area (Å²) in [5.41, 5.74) is 2.54. The molecule has 0 spiro atoms. The molecule has 6 heteroatoms. The maximum absolute atomic E-state index is 12.9. The Kier molecular flexibility index (Phi) is 4.02. The summed E-state index contributed by atoms with van der Waals surface area (Å²) in [7, 11) is 0. The van der Waals surface area contributed by atoms with Gasteiger partial charge in [-0.1, -0.05) is 24.3 Å². The van der Waals surface area contributed by atoms with Crippen molar-refractivity contribution in [3.8, 4) is 0 Å². The van der Waals surface area contributed by atoms with Crippen LogP contribution >= 0.6 is 0 Å². The molecule has 4 aliphatic carbocycles. The van der Waals surface area contributed by atoms with Crippen LogP contribution in [0.5, 0.6) is 0 Å². The number of carbonyl (C=O) groups is 4. The van der Waals surface area contributed by atoms with Crippen LogP contribution in [0.4, 0.5) is 0 Å². The van der Waals surface area contributed by atoms with Crippen LogP contribution in [-0.4, -0.2) is 41.6 Å². The number of allylic oxidation sites excluding steroid dienone is 2. The lowest BCUT2D eigenvalue weighted by Crippen LogP contribution is -2.40. The Hall–Kier alpha value is -2.76. The third-order valence-electron chi connectivity index (χ3n) is 7.23. The van der Waals surface area contributed by atoms with Crippen LogP contribution in [0, 0.1) is 49.4 Å². The Morgan fingerprint density at radius 2 is 1.62 bits per heavy atom. The highest BCUT2D eigenvalue weighted by Gasteiger charge is 2.67. The minimum absolute atomic E-state index is 0.124. The Balaban J connectivity index is 1.21. The highest BCUT2D eigenvalue weighted by molar-refractivity contribution is 6.08. The fourth-order valence-corrected chi connectivity index (χ4v) is 5.49. The maximum atomic E-state index is 12.9. The molecule has 5 aliphatic rings. The number of ketones is 1. The SMILES string of the molecule is Cc1ccc(C(=O)COC(=O)CN2C(=O)[C@@H]3[C@H]4C=C[C@@H]([C@@H]5C[C@@H]45)[C@@H]3C2=O)cc1C.